The Morgan fingerprint density at radius 2 is 1.77 bits per heavy atom. The molecule has 22 heavy (non-hydrogen) atoms. The number of rotatable bonds is 6. The number of carbonyl (C=O) groups is 1. The predicted molar refractivity (Wildman–Crippen MR) is 84.2 cm³/mol. The van der Waals surface area contributed by atoms with Crippen molar-refractivity contribution in [3.63, 3.8) is 0 Å². The van der Waals surface area contributed by atoms with Gasteiger partial charge in [0.25, 0.3) is 0 Å². The monoisotopic (exact) mass is 300 g/mol. The van der Waals surface area contributed by atoms with Crippen LogP contribution in [0.3, 0.4) is 0 Å². The molecule has 0 aromatic heterocycles. The molecule has 0 fully saturated rings. The Morgan fingerprint density at radius 3 is 2.41 bits per heavy atom. The summed E-state index contributed by atoms with van der Waals surface area (Å²) in [7, 11) is 0. The SMILES string of the molecule is CC(C)(CC(=O)O)c1cccc(OCc2ccccc2)c1O. The number of ether oxygens (including phenoxy) is 1. The van der Waals surface area contributed by atoms with Crippen LogP contribution in [-0.2, 0) is 16.8 Å². The summed E-state index contributed by atoms with van der Waals surface area (Å²) in [6.45, 7) is 3.92. The largest absolute Gasteiger partial charge is 0.504 e. The first-order valence-corrected chi connectivity index (χ1v) is 7.11. The molecule has 0 amide bonds. The van der Waals surface area contributed by atoms with E-state index < -0.39 is 11.4 Å². The van der Waals surface area contributed by atoms with Crippen molar-refractivity contribution in [2.45, 2.75) is 32.3 Å². The van der Waals surface area contributed by atoms with E-state index in [9.17, 15) is 9.90 Å². The molecule has 0 atom stereocenters. The highest BCUT2D eigenvalue weighted by molar-refractivity contribution is 5.69. The van der Waals surface area contributed by atoms with Crippen molar-refractivity contribution in [2.75, 3.05) is 0 Å². The second-order valence-electron chi connectivity index (χ2n) is 5.88. The number of aliphatic carboxylic acids is 1. The molecule has 116 valence electrons. The summed E-state index contributed by atoms with van der Waals surface area (Å²) in [6.07, 6.45) is -0.0668. The molecule has 0 saturated heterocycles. The summed E-state index contributed by atoms with van der Waals surface area (Å²) in [6, 6.07) is 14.8. The summed E-state index contributed by atoms with van der Waals surface area (Å²) >= 11 is 0. The van der Waals surface area contributed by atoms with Crippen molar-refractivity contribution >= 4 is 5.97 Å². The number of aromatic hydroxyl groups is 1. The lowest BCUT2D eigenvalue weighted by molar-refractivity contribution is -0.138. The number of para-hydroxylation sites is 1. The van der Waals surface area contributed by atoms with E-state index >= 15 is 0 Å². The smallest absolute Gasteiger partial charge is 0.304 e. The highest BCUT2D eigenvalue weighted by Crippen LogP contribution is 2.39. The predicted octanol–water partition coefficient (Wildman–Crippen LogP) is 3.72. The van der Waals surface area contributed by atoms with Gasteiger partial charge in [-0.15, -0.1) is 0 Å². The molecule has 4 nitrogen and oxygen atoms in total. The number of hydrogen-bond donors (Lipinski definition) is 2. The lowest BCUT2D eigenvalue weighted by Gasteiger charge is -2.25. The topological polar surface area (TPSA) is 66.8 Å². The molecular formula is C18H20O4. The van der Waals surface area contributed by atoms with Crippen molar-refractivity contribution in [3.8, 4) is 11.5 Å². The Morgan fingerprint density at radius 1 is 1.09 bits per heavy atom. The number of hydrogen-bond acceptors (Lipinski definition) is 3. The fraction of sp³-hybridized carbons (Fsp3) is 0.278. The van der Waals surface area contributed by atoms with E-state index in [-0.39, 0.29) is 12.2 Å². The van der Waals surface area contributed by atoms with Gasteiger partial charge in [0.2, 0.25) is 0 Å². The highest BCUT2D eigenvalue weighted by atomic mass is 16.5. The van der Waals surface area contributed by atoms with Crippen LogP contribution in [0.5, 0.6) is 11.5 Å². The molecule has 0 heterocycles. The van der Waals surface area contributed by atoms with E-state index in [1.807, 2.05) is 30.3 Å². The van der Waals surface area contributed by atoms with Gasteiger partial charge in [-0.2, -0.15) is 0 Å². The summed E-state index contributed by atoms with van der Waals surface area (Å²) in [5.74, 6) is -0.537. The Kier molecular flexibility index (Phi) is 4.71. The van der Waals surface area contributed by atoms with Crippen LogP contribution in [0, 0.1) is 0 Å². The van der Waals surface area contributed by atoms with Crippen molar-refractivity contribution in [1.82, 2.24) is 0 Å². The zero-order chi connectivity index (χ0) is 16.2. The molecule has 0 unspecified atom stereocenters. The van der Waals surface area contributed by atoms with Gasteiger partial charge in [0.1, 0.15) is 6.61 Å². The third-order valence-electron chi connectivity index (χ3n) is 3.56. The zero-order valence-corrected chi connectivity index (χ0v) is 12.7. The minimum Gasteiger partial charge on any atom is -0.504 e. The van der Waals surface area contributed by atoms with E-state index in [1.54, 1.807) is 32.0 Å². The highest BCUT2D eigenvalue weighted by Gasteiger charge is 2.28. The molecular weight excluding hydrogens is 280 g/mol. The molecule has 2 aromatic rings. The molecule has 2 rings (SSSR count). The van der Waals surface area contributed by atoms with E-state index in [1.165, 1.54) is 0 Å². The van der Waals surface area contributed by atoms with E-state index in [0.717, 1.165) is 5.56 Å². The lowest BCUT2D eigenvalue weighted by Crippen LogP contribution is -2.21. The van der Waals surface area contributed by atoms with Crippen LogP contribution in [0.1, 0.15) is 31.4 Å². The molecule has 0 aliphatic rings. The summed E-state index contributed by atoms with van der Waals surface area (Å²) in [5, 5.41) is 19.4. The maximum absolute atomic E-state index is 11.0. The molecule has 0 bridgehead atoms. The maximum Gasteiger partial charge on any atom is 0.304 e. The first-order valence-electron chi connectivity index (χ1n) is 7.11. The summed E-state index contributed by atoms with van der Waals surface area (Å²) < 4.78 is 5.67. The van der Waals surface area contributed by atoms with Crippen LogP contribution in [0.4, 0.5) is 0 Å². The first-order chi connectivity index (χ1) is 10.4. The van der Waals surface area contributed by atoms with Crippen molar-refractivity contribution in [2.24, 2.45) is 0 Å². The van der Waals surface area contributed by atoms with Gasteiger partial charge in [-0.3, -0.25) is 4.79 Å². The van der Waals surface area contributed by atoms with Crippen LogP contribution in [-0.4, -0.2) is 16.2 Å². The molecule has 0 radical (unpaired) electrons. The van der Waals surface area contributed by atoms with Gasteiger partial charge in [-0.25, -0.2) is 0 Å². The molecule has 0 spiro atoms. The van der Waals surface area contributed by atoms with Crippen molar-refractivity contribution in [1.29, 1.82) is 0 Å². The Balaban J connectivity index is 2.20. The van der Waals surface area contributed by atoms with Crippen LogP contribution in [0.2, 0.25) is 0 Å². The number of benzene rings is 2. The third kappa shape index (κ3) is 3.79. The van der Waals surface area contributed by atoms with E-state index in [0.29, 0.717) is 17.9 Å². The van der Waals surface area contributed by atoms with Gasteiger partial charge in [0.15, 0.2) is 11.5 Å². The average Bonchev–Trinajstić information content (AvgIpc) is 2.45. The van der Waals surface area contributed by atoms with Gasteiger partial charge in [-0.1, -0.05) is 56.3 Å². The average molecular weight is 300 g/mol. The van der Waals surface area contributed by atoms with Gasteiger partial charge >= 0.3 is 5.97 Å². The Labute approximate surface area is 130 Å². The van der Waals surface area contributed by atoms with Gasteiger partial charge < -0.3 is 14.9 Å². The second kappa shape index (κ2) is 6.52. The number of phenols is 1. The normalized spacial score (nSPS) is 11.2. The Bertz CT molecular complexity index is 647. The van der Waals surface area contributed by atoms with Crippen molar-refractivity contribution in [3.05, 3.63) is 59.7 Å². The molecule has 4 heteroatoms. The van der Waals surface area contributed by atoms with Crippen LogP contribution in [0.25, 0.3) is 0 Å². The summed E-state index contributed by atoms with van der Waals surface area (Å²) in [5.41, 5.74) is 0.889. The molecule has 2 aromatic carbocycles. The second-order valence-corrected chi connectivity index (χ2v) is 5.88. The standard InChI is InChI=1S/C18H20O4/c1-18(2,11-16(19)20)14-9-6-10-15(17(14)21)22-12-13-7-4-3-5-8-13/h3-10,21H,11-12H2,1-2H3,(H,19,20). The van der Waals surface area contributed by atoms with Gasteiger partial charge in [0.05, 0.1) is 6.42 Å². The first kappa shape index (κ1) is 15.9. The number of carboxylic acid groups (broad SMARTS) is 1. The lowest BCUT2D eigenvalue weighted by atomic mass is 9.81. The van der Waals surface area contributed by atoms with Crippen LogP contribution < -0.4 is 4.74 Å². The van der Waals surface area contributed by atoms with E-state index in [2.05, 4.69) is 0 Å². The minimum absolute atomic E-state index is 0.00433. The fourth-order valence-corrected chi connectivity index (χ4v) is 2.39. The molecule has 0 aliphatic carbocycles. The van der Waals surface area contributed by atoms with Crippen LogP contribution in [0.15, 0.2) is 48.5 Å². The molecule has 2 N–H and O–H groups in total. The van der Waals surface area contributed by atoms with Crippen LogP contribution >= 0.6 is 0 Å². The Hall–Kier alpha value is -2.49. The number of carboxylic acids is 1. The molecule has 0 saturated carbocycles. The zero-order valence-electron chi connectivity index (χ0n) is 12.7. The van der Waals surface area contributed by atoms with Gasteiger partial charge in [-0.05, 0) is 11.6 Å². The quantitative estimate of drug-likeness (QED) is 0.853. The fourth-order valence-electron chi connectivity index (χ4n) is 2.39. The van der Waals surface area contributed by atoms with E-state index in [4.69, 9.17) is 9.84 Å². The third-order valence-corrected chi connectivity index (χ3v) is 3.56. The minimum atomic E-state index is -0.903. The van der Waals surface area contributed by atoms with Crippen molar-refractivity contribution < 1.29 is 19.7 Å². The number of phenolic OH excluding ortho intramolecular Hbond substituents is 1. The summed E-state index contributed by atoms with van der Waals surface area (Å²) in [4.78, 5) is 11.0. The molecule has 0 aliphatic heterocycles. The maximum atomic E-state index is 11.0. The van der Waals surface area contributed by atoms with Gasteiger partial charge in [0, 0.05) is 11.0 Å².